The van der Waals surface area contributed by atoms with Crippen molar-refractivity contribution in [2.24, 2.45) is 5.92 Å². The lowest BCUT2D eigenvalue weighted by molar-refractivity contribution is -0.917. The third-order valence-corrected chi connectivity index (χ3v) is 7.62. The van der Waals surface area contributed by atoms with Crippen molar-refractivity contribution in [2.45, 2.75) is 57.9 Å². The van der Waals surface area contributed by atoms with Crippen LogP contribution >= 0.6 is 0 Å². The minimum Gasteiger partial charge on any atom is -1.00 e. The number of aromatic nitrogens is 3. The molecule has 2 unspecified atom stereocenters. The van der Waals surface area contributed by atoms with Gasteiger partial charge in [0.25, 0.3) is 0 Å². The summed E-state index contributed by atoms with van der Waals surface area (Å²) in [7, 11) is 3.78. The predicted octanol–water partition coefficient (Wildman–Crippen LogP) is 1.80. The second kappa shape index (κ2) is 12.5. The number of hydrogen-bond acceptors (Lipinski definition) is 7. The summed E-state index contributed by atoms with van der Waals surface area (Å²) in [5.41, 5.74) is 0.555. The van der Waals surface area contributed by atoms with Crippen molar-refractivity contribution >= 4 is 23.5 Å². The van der Waals surface area contributed by atoms with Crippen molar-refractivity contribution in [1.82, 2.24) is 15.0 Å². The lowest BCUT2D eigenvalue weighted by atomic mass is 9.89. The maximum Gasteiger partial charge on any atom is 0.233 e. The van der Waals surface area contributed by atoms with Gasteiger partial charge in [-0.15, -0.1) is 0 Å². The van der Waals surface area contributed by atoms with Crippen LogP contribution in [0, 0.1) is 11.7 Å². The molecule has 3 N–H and O–H groups in total. The molecule has 4 rings (SSSR count). The molecule has 0 amide bonds. The molecule has 1 saturated heterocycles. The molecule has 1 aliphatic heterocycles. The van der Waals surface area contributed by atoms with E-state index in [-0.39, 0.29) is 18.2 Å². The van der Waals surface area contributed by atoms with Gasteiger partial charge in [-0.3, -0.25) is 0 Å². The Labute approximate surface area is 214 Å². The van der Waals surface area contributed by atoms with Crippen LogP contribution in [0.2, 0.25) is 0 Å². The maximum atomic E-state index is 14.2. The molecule has 1 aromatic carbocycles. The Morgan fingerprint density at radius 3 is 2.31 bits per heavy atom. The Kier molecular flexibility index (Phi) is 9.74. The second-order valence-electron chi connectivity index (χ2n) is 9.86. The zero-order chi connectivity index (χ0) is 24.0. The van der Waals surface area contributed by atoms with Crippen molar-refractivity contribution in [2.75, 3.05) is 56.3 Å². The van der Waals surface area contributed by atoms with E-state index in [9.17, 15) is 4.39 Å². The van der Waals surface area contributed by atoms with E-state index in [1.165, 1.54) is 64.7 Å². The molecule has 8 nitrogen and oxygen atoms in total. The smallest absolute Gasteiger partial charge is 0.233 e. The van der Waals surface area contributed by atoms with E-state index in [1.54, 1.807) is 12.1 Å². The van der Waals surface area contributed by atoms with Gasteiger partial charge < -0.3 is 37.6 Å². The van der Waals surface area contributed by atoms with Gasteiger partial charge in [-0.1, -0.05) is 19.3 Å². The van der Waals surface area contributed by atoms with Crippen LogP contribution < -0.4 is 33.1 Å². The van der Waals surface area contributed by atoms with Crippen molar-refractivity contribution in [3.63, 3.8) is 0 Å². The summed E-state index contributed by atoms with van der Waals surface area (Å²) >= 11 is 0. The van der Waals surface area contributed by atoms with Crippen LogP contribution in [0.1, 0.15) is 51.9 Å². The summed E-state index contributed by atoms with van der Waals surface area (Å²) in [5.74, 6) is 1.87. The van der Waals surface area contributed by atoms with Crippen molar-refractivity contribution in [1.29, 1.82) is 0 Å². The van der Waals surface area contributed by atoms with Crippen LogP contribution in [-0.4, -0.2) is 65.8 Å². The number of ether oxygens (including phenoxy) is 1. The van der Waals surface area contributed by atoms with Crippen LogP contribution in [0.4, 0.5) is 27.9 Å². The molecule has 194 valence electrons. The molecule has 2 heterocycles. The highest BCUT2D eigenvalue weighted by Gasteiger charge is 2.36. The Bertz CT molecular complexity index is 959. The Morgan fingerprint density at radius 1 is 0.971 bits per heavy atom. The molecule has 2 aliphatic rings. The number of nitrogens with zero attached hydrogens (tertiary/aromatic N) is 4. The highest BCUT2D eigenvalue weighted by atomic mass is 35.5. The molecule has 2 fully saturated rings. The van der Waals surface area contributed by atoms with Gasteiger partial charge in [-0.25, -0.2) is 4.39 Å². The van der Waals surface area contributed by atoms with E-state index in [0.717, 1.165) is 24.1 Å². The van der Waals surface area contributed by atoms with E-state index in [2.05, 4.69) is 44.9 Å². The quantitative estimate of drug-likeness (QED) is 0.423. The van der Waals surface area contributed by atoms with E-state index >= 15 is 0 Å². The normalized spacial score (nSPS) is 22.3. The SMILES string of the molecule is CC[N+]1(C)CCCC1CNc1nc(NCC2CCCCC2)nc(Nc2ccc(OC)c(F)c2)n1.[Cl-]. The van der Waals surface area contributed by atoms with Crippen LogP contribution in [0.5, 0.6) is 5.75 Å². The zero-order valence-corrected chi connectivity index (χ0v) is 21.9. The van der Waals surface area contributed by atoms with E-state index in [1.807, 2.05) is 0 Å². The minimum atomic E-state index is -0.437. The summed E-state index contributed by atoms with van der Waals surface area (Å²) in [6.07, 6.45) is 8.86. The van der Waals surface area contributed by atoms with Gasteiger partial charge in [0.05, 0.1) is 33.8 Å². The summed E-state index contributed by atoms with van der Waals surface area (Å²) < 4.78 is 20.3. The fraction of sp³-hybridized carbons (Fsp3) is 0.640. The van der Waals surface area contributed by atoms with Crippen LogP contribution in [-0.2, 0) is 0 Å². The average Bonchev–Trinajstić information content (AvgIpc) is 3.23. The van der Waals surface area contributed by atoms with Gasteiger partial charge in [0.2, 0.25) is 17.8 Å². The number of anilines is 4. The van der Waals surface area contributed by atoms with E-state index in [4.69, 9.17) is 4.74 Å². The molecular formula is C25H39ClFN7O. The standard InChI is InChI=1S/C25H39FN7O.ClH/c1-4-33(2)14-8-11-20(33)17-28-24-30-23(27-16-18-9-6-5-7-10-18)31-25(32-24)29-19-12-13-22(34-3)21(26)15-19;/h12-13,15,18,20H,4-11,14,16-17H2,1-3H3,(H3,27,28,29,30,31,32);1H/q+1;/p-1. The molecule has 35 heavy (non-hydrogen) atoms. The lowest BCUT2D eigenvalue weighted by Gasteiger charge is -2.35. The van der Waals surface area contributed by atoms with Crippen LogP contribution in [0.25, 0.3) is 0 Å². The summed E-state index contributed by atoms with van der Waals surface area (Å²) in [6.45, 7) is 6.25. The summed E-state index contributed by atoms with van der Waals surface area (Å²) in [4.78, 5) is 13.8. The van der Waals surface area contributed by atoms with Crippen molar-refractivity contribution in [3.8, 4) is 5.75 Å². The lowest BCUT2D eigenvalue weighted by Crippen LogP contribution is -3.00. The first-order valence-corrected chi connectivity index (χ1v) is 12.7. The van der Waals surface area contributed by atoms with Crippen LogP contribution in [0.15, 0.2) is 18.2 Å². The summed E-state index contributed by atoms with van der Waals surface area (Å²) in [6, 6.07) is 5.25. The zero-order valence-electron chi connectivity index (χ0n) is 21.1. The minimum absolute atomic E-state index is 0. The fourth-order valence-electron chi connectivity index (χ4n) is 5.22. The van der Waals surface area contributed by atoms with E-state index < -0.39 is 5.82 Å². The number of halogens is 2. The van der Waals surface area contributed by atoms with Gasteiger partial charge in [0.1, 0.15) is 6.04 Å². The molecule has 0 radical (unpaired) electrons. The highest BCUT2D eigenvalue weighted by molar-refractivity contribution is 5.57. The monoisotopic (exact) mass is 507 g/mol. The molecule has 0 spiro atoms. The number of benzene rings is 1. The molecule has 1 saturated carbocycles. The Morgan fingerprint density at radius 2 is 1.66 bits per heavy atom. The fourth-order valence-corrected chi connectivity index (χ4v) is 5.22. The first-order chi connectivity index (χ1) is 16.5. The van der Waals surface area contributed by atoms with Crippen LogP contribution in [0.3, 0.4) is 0 Å². The predicted molar refractivity (Wildman–Crippen MR) is 134 cm³/mol. The number of hydrogen-bond donors (Lipinski definition) is 3. The van der Waals surface area contributed by atoms with Gasteiger partial charge in [0, 0.05) is 31.1 Å². The van der Waals surface area contributed by atoms with Gasteiger partial charge in [-0.05, 0) is 37.8 Å². The molecule has 2 aromatic rings. The summed E-state index contributed by atoms with van der Waals surface area (Å²) in [5, 5.41) is 10.0. The number of rotatable bonds is 10. The molecule has 10 heteroatoms. The number of nitrogens with one attached hydrogen (secondary N) is 3. The molecule has 2 atom stereocenters. The first kappa shape index (κ1) is 27.2. The largest absolute Gasteiger partial charge is 1.00 e. The number of likely N-dealkylation sites (tertiary alicyclic amines) is 1. The first-order valence-electron chi connectivity index (χ1n) is 12.7. The molecule has 1 aromatic heterocycles. The Balaban J connectivity index is 0.00000342. The average molecular weight is 508 g/mol. The van der Waals surface area contributed by atoms with Gasteiger partial charge in [-0.2, -0.15) is 15.0 Å². The molecular weight excluding hydrogens is 469 g/mol. The molecule has 1 aliphatic carbocycles. The van der Waals surface area contributed by atoms with Crippen molar-refractivity contribution < 1.29 is 26.0 Å². The maximum absolute atomic E-state index is 14.2. The number of likely N-dealkylation sites (N-methyl/N-ethyl adjacent to an activating group) is 1. The second-order valence-corrected chi connectivity index (χ2v) is 9.86. The third kappa shape index (κ3) is 7.07. The topological polar surface area (TPSA) is 84.0 Å². The highest BCUT2D eigenvalue weighted by Crippen LogP contribution is 2.27. The number of methoxy groups -OCH3 is 1. The molecule has 0 bridgehead atoms. The Hall–Kier alpha value is -2.39. The third-order valence-electron chi connectivity index (χ3n) is 7.62. The van der Waals surface area contributed by atoms with Gasteiger partial charge in [0.15, 0.2) is 11.6 Å². The van der Waals surface area contributed by atoms with Gasteiger partial charge >= 0.3 is 0 Å². The van der Waals surface area contributed by atoms with E-state index in [0.29, 0.717) is 35.5 Å². The number of quaternary nitrogens is 1. The van der Waals surface area contributed by atoms with Crippen molar-refractivity contribution in [3.05, 3.63) is 24.0 Å².